The SMILES string of the molecule is Cc1ccc(NC(=O)Cc2csc3nc(C)cn23)c(F)c1. The van der Waals surface area contributed by atoms with E-state index in [1.165, 1.54) is 17.4 Å². The number of nitrogens with one attached hydrogen (secondary N) is 1. The van der Waals surface area contributed by atoms with E-state index in [4.69, 9.17) is 0 Å². The molecule has 0 atom stereocenters. The average Bonchev–Trinajstić information content (AvgIpc) is 2.94. The number of amides is 1. The van der Waals surface area contributed by atoms with Gasteiger partial charge in [-0.05, 0) is 31.5 Å². The number of nitrogens with zero attached hydrogens (tertiary/aromatic N) is 2. The van der Waals surface area contributed by atoms with Crippen LogP contribution in [0.2, 0.25) is 0 Å². The number of aromatic nitrogens is 2. The Kier molecular flexibility index (Phi) is 3.47. The van der Waals surface area contributed by atoms with Gasteiger partial charge in [-0.3, -0.25) is 9.20 Å². The molecule has 0 radical (unpaired) electrons. The molecule has 0 aliphatic carbocycles. The summed E-state index contributed by atoms with van der Waals surface area (Å²) >= 11 is 1.49. The number of halogens is 1. The Morgan fingerprint density at radius 2 is 2.24 bits per heavy atom. The maximum Gasteiger partial charge on any atom is 0.230 e. The molecule has 1 amide bonds. The van der Waals surface area contributed by atoms with Crippen LogP contribution in [0.4, 0.5) is 10.1 Å². The molecular weight excluding hydrogens is 289 g/mol. The zero-order valence-corrected chi connectivity index (χ0v) is 12.5. The fourth-order valence-corrected chi connectivity index (χ4v) is 3.07. The number of hydrogen-bond donors (Lipinski definition) is 1. The fourth-order valence-electron chi connectivity index (χ4n) is 2.15. The summed E-state index contributed by atoms with van der Waals surface area (Å²) in [5, 5.41) is 4.50. The Morgan fingerprint density at radius 3 is 3.00 bits per heavy atom. The van der Waals surface area contributed by atoms with E-state index < -0.39 is 5.82 Å². The van der Waals surface area contributed by atoms with E-state index in [9.17, 15) is 9.18 Å². The summed E-state index contributed by atoms with van der Waals surface area (Å²) in [4.78, 5) is 17.3. The van der Waals surface area contributed by atoms with Gasteiger partial charge in [-0.2, -0.15) is 0 Å². The number of hydrogen-bond acceptors (Lipinski definition) is 3. The molecule has 3 rings (SSSR count). The number of anilines is 1. The van der Waals surface area contributed by atoms with Crippen LogP contribution in [-0.2, 0) is 11.2 Å². The molecule has 0 aliphatic heterocycles. The second kappa shape index (κ2) is 5.29. The molecule has 1 N–H and O–H groups in total. The summed E-state index contributed by atoms with van der Waals surface area (Å²) in [5.41, 5.74) is 2.78. The molecule has 2 aromatic heterocycles. The van der Waals surface area contributed by atoms with Crippen molar-refractivity contribution in [3.8, 4) is 0 Å². The second-order valence-corrected chi connectivity index (χ2v) is 5.81. The lowest BCUT2D eigenvalue weighted by Gasteiger charge is -2.06. The molecule has 2 heterocycles. The molecule has 0 saturated heterocycles. The third-order valence-electron chi connectivity index (χ3n) is 3.14. The van der Waals surface area contributed by atoms with E-state index in [1.807, 2.05) is 22.9 Å². The first-order valence-electron chi connectivity index (χ1n) is 6.51. The highest BCUT2D eigenvalue weighted by Crippen LogP contribution is 2.19. The minimum absolute atomic E-state index is 0.184. The lowest BCUT2D eigenvalue weighted by molar-refractivity contribution is -0.115. The van der Waals surface area contributed by atoms with E-state index in [2.05, 4.69) is 10.3 Å². The lowest BCUT2D eigenvalue weighted by Crippen LogP contribution is -2.16. The summed E-state index contributed by atoms with van der Waals surface area (Å²) in [6.07, 6.45) is 2.07. The highest BCUT2D eigenvalue weighted by Gasteiger charge is 2.12. The van der Waals surface area contributed by atoms with Crippen molar-refractivity contribution in [3.63, 3.8) is 0 Å². The number of benzene rings is 1. The lowest BCUT2D eigenvalue weighted by atomic mass is 10.2. The Hall–Kier alpha value is -2.21. The van der Waals surface area contributed by atoms with Crippen LogP contribution >= 0.6 is 11.3 Å². The van der Waals surface area contributed by atoms with Gasteiger partial charge in [0.2, 0.25) is 5.91 Å². The first-order chi connectivity index (χ1) is 10.0. The maximum absolute atomic E-state index is 13.7. The number of rotatable bonds is 3. The second-order valence-electron chi connectivity index (χ2n) is 4.97. The summed E-state index contributed by atoms with van der Waals surface area (Å²) in [5.74, 6) is -0.666. The number of carbonyl (C=O) groups excluding carboxylic acids is 1. The van der Waals surface area contributed by atoms with Crippen molar-refractivity contribution in [2.45, 2.75) is 20.3 Å². The molecule has 0 fully saturated rings. The van der Waals surface area contributed by atoms with Crippen LogP contribution < -0.4 is 5.32 Å². The van der Waals surface area contributed by atoms with Gasteiger partial charge in [-0.25, -0.2) is 9.37 Å². The van der Waals surface area contributed by atoms with Gasteiger partial charge in [0, 0.05) is 17.3 Å². The summed E-state index contributed by atoms with van der Waals surface area (Å²) < 4.78 is 15.6. The largest absolute Gasteiger partial charge is 0.323 e. The van der Waals surface area contributed by atoms with Crippen LogP contribution in [0.3, 0.4) is 0 Å². The Morgan fingerprint density at radius 1 is 1.43 bits per heavy atom. The van der Waals surface area contributed by atoms with Gasteiger partial charge in [0.1, 0.15) is 5.82 Å². The van der Waals surface area contributed by atoms with E-state index in [-0.39, 0.29) is 18.0 Å². The molecule has 0 unspecified atom stereocenters. The van der Waals surface area contributed by atoms with Crippen molar-refractivity contribution >= 4 is 27.9 Å². The molecule has 108 valence electrons. The third-order valence-corrected chi connectivity index (χ3v) is 4.03. The highest BCUT2D eigenvalue weighted by atomic mass is 32.1. The maximum atomic E-state index is 13.7. The first-order valence-corrected chi connectivity index (χ1v) is 7.39. The quantitative estimate of drug-likeness (QED) is 0.806. The van der Waals surface area contributed by atoms with Crippen molar-refractivity contribution < 1.29 is 9.18 Å². The van der Waals surface area contributed by atoms with Crippen molar-refractivity contribution in [2.24, 2.45) is 0 Å². The molecular formula is C15H14FN3OS. The minimum Gasteiger partial charge on any atom is -0.323 e. The predicted molar refractivity (Wildman–Crippen MR) is 81.3 cm³/mol. The van der Waals surface area contributed by atoms with Crippen LogP contribution in [0.25, 0.3) is 4.96 Å². The van der Waals surface area contributed by atoms with E-state index >= 15 is 0 Å². The monoisotopic (exact) mass is 303 g/mol. The van der Waals surface area contributed by atoms with Gasteiger partial charge in [0.15, 0.2) is 4.96 Å². The Balaban J connectivity index is 1.77. The molecule has 0 saturated carbocycles. The molecule has 21 heavy (non-hydrogen) atoms. The van der Waals surface area contributed by atoms with Gasteiger partial charge in [-0.15, -0.1) is 11.3 Å². The smallest absolute Gasteiger partial charge is 0.230 e. The number of carbonyl (C=O) groups is 1. The third kappa shape index (κ3) is 2.80. The van der Waals surface area contributed by atoms with Crippen molar-refractivity contribution in [1.29, 1.82) is 0 Å². The molecule has 3 aromatic rings. The minimum atomic E-state index is -0.419. The van der Waals surface area contributed by atoms with E-state index in [0.717, 1.165) is 21.9 Å². The predicted octanol–water partition coefficient (Wildman–Crippen LogP) is 3.33. The van der Waals surface area contributed by atoms with Crippen LogP contribution in [-0.4, -0.2) is 15.3 Å². The molecule has 6 heteroatoms. The zero-order valence-electron chi connectivity index (χ0n) is 11.7. The molecule has 4 nitrogen and oxygen atoms in total. The van der Waals surface area contributed by atoms with Crippen LogP contribution in [0.5, 0.6) is 0 Å². The number of thiazole rings is 1. The van der Waals surface area contributed by atoms with Crippen LogP contribution in [0.15, 0.2) is 29.8 Å². The van der Waals surface area contributed by atoms with Crippen molar-refractivity contribution in [2.75, 3.05) is 5.32 Å². The van der Waals surface area contributed by atoms with Gasteiger partial charge in [0.25, 0.3) is 0 Å². The molecule has 0 spiro atoms. The van der Waals surface area contributed by atoms with Crippen molar-refractivity contribution in [3.05, 3.63) is 52.5 Å². The number of aryl methyl sites for hydroxylation is 2. The van der Waals surface area contributed by atoms with Crippen LogP contribution in [0, 0.1) is 19.7 Å². The Labute approximate surface area is 125 Å². The van der Waals surface area contributed by atoms with Gasteiger partial charge >= 0.3 is 0 Å². The normalized spacial score (nSPS) is 11.0. The number of imidazole rings is 1. The summed E-state index contributed by atoms with van der Waals surface area (Å²) in [6.45, 7) is 3.71. The Bertz CT molecular complexity index is 822. The van der Waals surface area contributed by atoms with Crippen molar-refractivity contribution in [1.82, 2.24) is 9.38 Å². The summed E-state index contributed by atoms with van der Waals surface area (Å²) in [6, 6.07) is 4.74. The average molecular weight is 303 g/mol. The molecule has 0 aliphatic rings. The summed E-state index contributed by atoms with van der Waals surface area (Å²) in [7, 11) is 0. The van der Waals surface area contributed by atoms with Gasteiger partial charge in [-0.1, -0.05) is 6.07 Å². The zero-order chi connectivity index (χ0) is 15.0. The van der Waals surface area contributed by atoms with E-state index in [0.29, 0.717) is 0 Å². The highest BCUT2D eigenvalue weighted by molar-refractivity contribution is 7.15. The standard InChI is InChI=1S/C15H14FN3OS/c1-9-3-4-13(12(16)5-9)18-14(20)6-11-8-21-15-17-10(2)7-19(11)15/h3-5,7-8H,6H2,1-2H3,(H,18,20). The van der Waals surface area contributed by atoms with Gasteiger partial charge < -0.3 is 5.32 Å². The molecule has 1 aromatic carbocycles. The van der Waals surface area contributed by atoms with Crippen LogP contribution in [0.1, 0.15) is 17.0 Å². The van der Waals surface area contributed by atoms with E-state index in [1.54, 1.807) is 19.1 Å². The van der Waals surface area contributed by atoms with Gasteiger partial charge in [0.05, 0.1) is 17.8 Å². The topological polar surface area (TPSA) is 46.4 Å². The number of fused-ring (bicyclic) bond motifs is 1. The fraction of sp³-hybridized carbons (Fsp3) is 0.200. The molecule has 0 bridgehead atoms. The first kappa shape index (κ1) is 13.8.